The minimum Gasteiger partial charge on any atom is -0.484 e. The maximum absolute atomic E-state index is 6.16. The first-order valence-electron chi connectivity index (χ1n) is 7.20. The summed E-state index contributed by atoms with van der Waals surface area (Å²) >= 11 is 0. The molecule has 1 aliphatic heterocycles. The molecule has 0 saturated heterocycles. The predicted octanol–water partition coefficient (Wildman–Crippen LogP) is 3.99. The van der Waals surface area contributed by atoms with Crippen molar-refractivity contribution in [3.8, 4) is 5.75 Å². The quantitative estimate of drug-likeness (QED) is 0.816. The number of ether oxygens (including phenoxy) is 2. The number of hydrogen-bond donors (Lipinski definition) is 0. The van der Waals surface area contributed by atoms with E-state index < -0.39 is 0 Å². The van der Waals surface area contributed by atoms with Crippen molar-refractivity contribution in [2.24, 2.45) is 0 Å². The van der Waals surface area contributed by atoms with Gasteiger partial charge in [0.25, 0.3) is 0 Å². The van der Waals surface area contributed by atoms with Gasteiger partial charge in [-0.25, -0.2) is 0 Å². The van der Waals surface area contributed by atoms with Gasteiger partial charge in [-0.05, 0) is 23.6 Å². The number of benzene rings is 2. The molecule has 2 aromatic rings. The Labute approximate surface area is 120 Å². The fourth-order valence-electron chi connectivity index (χ4n) is 2.67. The van der Waals surface area contributed by atoms with E-state index in [9.17, 15) is 0 Å². The molecular formula is C18H20O2. The number of hydrogen-bond acceptors (Lipinski definition) is 2. The predicted molar refractivity (Wildman–Crippen MR) is 79.9 cm³/mol. The molecule has 3 rings (SSSR count). The highest BCUT2D eigenvalue weighted by Crippen LogP contribution is 2.37. The molecule has 2 heteroatoms. The van der Waals surface area contributed by atoms with Gasteiger partial charge in [-0.2, -0.15) is 0 Å². The monoisotopic (exact) mass is 268 g/mol. The van der Waals surface area contributed by atoms with E-state index >= 15 is 0 Å². The van der Waals surface area contributed by atoms with Gasteiger partial charge in [-0.1, -0.05) is 55.5 Å². The lowest BCUT2D eigenvalue weighted by atomic mass is 9.95. The van der Waals surface area contributed by atoms with Crippen molar-refractivity contribution >= 4 is 0 Å². The second-order valence-corrected chi connectivity index (χ2v) is 5.40. The van der Waals surface area contributed by atoms with Crippen LogP contribution in [0.2, 0.25) is 0 Å². The Morgan fingerprint density at radius 2 is 1.80 bits per heavy atom. The van der Waals surface area contributed by atoms with Crippen molar-refractivity contribution in [2.75, 3.05) is 6.61 Å². The van der Waals surface area contributed by atoms with Gasteiger partial charge in [0.15, 0.2) is 0 Å². The van der Waals surface area contributed by atoms with Crippen molar-refractivity contribution in [3.05, 3.63) is 65.7 Å². The third-order valence-corrected chi connectivity index (χ3v) is 3.93. The van der Waals surface area contributed by atoms with Crippen molar-refractivity contribution in [1.29, 1.82) is 0 Å². The molecule has 20 heavy (non-hydrogen) atoms. The second kappa shape index (κ2) is 5.68. The SMILES string of the molecule is CC[C@]1(COCc2ccccc2)Cc2ccccc2O1. The fourth-order valence-corrected chi connectivity index (χ4v) is 2.67. The molecule has 0 aliphatic carbocycles. The van der Waals surface area contributed by atoms with Gasteiger partial charge in [0.1, 0.15) is 11.4 Å². The molecule has 0 fully saturated rings. The molecule has 0 amide bonds. The van der Waals surface area contributed by atoms with Gasteiger partial charge >= 0.3 is 0 Å². The topological polar surface area (TPSA) is 18.5 Å². The fraction of sp³-hybridized carbons (Fsp3) is 0.333. The molecule has 1 heterocycles. The molecule has 0 spiro atoms. The number of para-hydroxylation sites is 1. The molecule has 0 aromatic heterocycles. The summed E-state index contributed by atoms with van der Waals surface area (Å²) in [6, 6.07) is 18.5. The lowest BCUT2D eigenvalue weighted by Crippen LogP contribution is -2.38. The first kappa shape index (κ1) is 13.2. The van der Waals surface area contributed by atoms with E-state index in [4.69, 9.17) is 9.47 Å². The molecule has 2 aromatic carbocycles. The zero-order valence-corrected chi connectivity index (χ0v) is 11.8. The van der Waals surface area contributed by atoms with Gasteiger partial charge in [-0.3, -0.25) is 0 Å². The molecular weight excluding hydrogens is 248 g/mol. The molecule has 0 radical (unpaired) electrons. The van der Waals surface area contributed by atoms with Crippen LogP contribution in [0.5, 0.6) is 5.75 Å². The Morgan fingerprint density at radius 3 is 2.55 bits per heavy atom. The number of fused-ring (bicyclic) bond motifs is 1. The Kier molecular flexibility index (Phi) is 3.75. The third kappa shape index (κ3) is 2.70. The first-order chi connectivity index (χ1) is 9.81. The molecule has 2 nitrogen and oxygen atoms in total. The maximum atomic E-state index is 6.16. The van der Waals surface area contributed by atoms with Crippen LogP contribution in [0.1, 0.15) is 24.5 Å². The molecule has 0 N–H and O–H groups in total. The third-order valence-electron chi connectivity index (χ3n) is 3.93. The van der Waals surface area contributed by atoms with Crippen molar-refractivity contribution in [3.63, 3.8) is 0 Å². The Hall–Kier alpha value is -1.80. The summed E-state index contributed by atoms with van der Waals surface area (Å²) in [5.74, 6) is 1.01. The second-order valence-electron chi connectivity index (χ2n) is 5.40. The van der Waals surface area contributed by atoms with Gasteiger partial charge < -0.3 is 9.47 Å². The zero-order valence-electron chi connectivity index (χ0n) is 11.8. The van der Waals surface area contributed by atoms with Crippen LogP contribution in [0.3, 0.4) is 0 Å². The average molecular weight is 268 g/mol. The van der Waals surface area contributed by atoms with Crippen LogP contribution in [0, 0.1) is 0 Å². The molecule has 0 bridgehead atoms. The minimum absolute atomic E-state index is 0.196. The summed E-state index contributed by atoms with van der Waals surface area (Å²) in [6.45, 7) is 3.44. The Balaban J connectivity index is 1.61. The molecule has 104 valence electrons. The minimum atomic E-state index is -0.196. The Bertz CT molecular complexity index is 538. The highest BCUT2D eigenvalue weighted by atomic mass is 16.5. The van der Waals surface area contributed by atoms with Crippen LogP contribution < -0.4 is 4.74 Å². The average Bonchev–Trinajstić information content (AvgIpc) is 2.87. The normalized spacial score (nSPS) is 20.4. The standard InChI is InChI=1S/C18H20O2/c1-2-18(12-16-10-6-7-11-17(16)20-18)14-19-13-15-8-4-3-5-9-15/h3-11H,2,12-14H2,1H3/t18-/m1/s1. The highest BCUT2D eigenvalue weighted by molar-refractivity contribution is 5.39. The van der Waals surface area contributed by atoms with E-state index in [-0.39, 0.29) is 5.60 Å². The van der Waals surface area contributed by atoms with Gasteiger partial charge in [-0.15, -0.1) is 0 Å². The summed E-state index contributed by atoms with van der Waals surface area (Å²) in [7, 11) is 0. The molecule has 0 saturated carbocycles. The first-order valence-corrected chi connectivity index (χ1v) is 7.20. The van der Waals surface area contributed by atoms with Crippen LogP contribution in [0.25, 0.3) is 0 Å². The number of rotatable bonds is 5. The van der Waals surface area contributed by atoms with Gasteiger partial charge in [0.05, 0.1) is 13.2 Å². The Morgan fingerprint density at radius 1 is 1.05 bits per heavy atom. The highest BCUT2D eigenvalue weighted by Gasteiger charge is 2.37. The van der Waals surface area contributed by atoms with Crippen molar-refractivity contribution < 1.29 is 9.47 Å². The van der Waals surface area contributed by atoms with E-state index in [1.54, 1.807) is 0 Å². The van der Waals surface area contributed by atoms with Crippen LogP contribution in [-0.4, -0.2) is 12.2 Å². The van der Waals surface area contributed by atoms with E-state index in [0.717, 1.165) is 18.6 Å². The van der Waals surface area contributed by atoms with Crippen molar-refractivity contribution in [2.45, 2.75) is 32.0 Å². The smallest absolute Gasteiger partial charge is 0.136 e. The largest absolute Gasteiger partial charge is 0.484 e. The van der Waals surface area contributed by atoms with E-state index in [2.05, 4.69) is 31.2 Å². The van der Waals surface area contributed by atoms with Crippen molar-refractivity contribution in [1.82, 2.24) is 0 Å². The van der Waals surface area contributed by atoms with Crippen LogP contribution in [-0.2, 0) is 17.8 Å². The van der Waals surface area contributed by atoms with E-state index in [1.165, 1.54) is 11.1 Å². The van der Waals surface area contributed by atoms with Crippen LogP contribution in [0.15, 0.2) is 54.6 Å². The summed E-state index contributed by atoms with van der Waals surface area (Å²) < 4.78 is 12.1. The van der Waals surface area contributed by atoms with Gasteiger partial charge in [0, 0.05) is 6.42 Å². The maximum Gasteiger partial charge on any atom is 0.136 e. The lowest BCUT2D eigenvalue weighted by Gasteiger charge is -2.27. The summed E-state index contributed by atoms with van der Waals surface area (Å²) in [6.07, 6.45) is 1.89. The summed E-state index contributed by atoms with van der Waals surface area (Å²) in [4.78, 5) is 0. The van der Waals surface area contributed by atoms with E-state index in [1.807, 2.05) is 30.3 Å². The summed E-state index contributed by atoms with van der Waals surface area (Å²) in [5, 5.41) is 0. The lowest BCUT2D eigenvalue weighted by molar-refractivity contribution is -0.0224. The molecule has 0 unspecified atom stereocenters. The molecule has 1 atom stereocenters. The zero-order chi connectivity index (χ0) is 13.8. The van der Waals surface area contributed by atoms with E-state index in [0.29, 0.717) is 13.2 Å². The van der Waals surface area contributed by atoms with Crippen LogP contribution in [0.4, 0.5) is 0 Å². The molecule has 1 aliphatic rings. The van der Waals surface area contributed by atoms with Gasteiger partial charge in [0.2, 0.25) is 0 Å². The van der Waals surface area contributed by atoms with Crippen LogP contribution >= 0.6 is 0 Å². The summed E-state index contributed by atoms with van der Waals surface area (Å²) in [5.41, 5.74) is 2.30.